The zero-order valence-corrected chi connectivity index (χ0v) is 12.0. The van der Waals surface area contributed by atoms with Crippen molar-refractivity contribution in [3.8, 4) is 0 Å². The van der Waals surface area contributed by atoms with E-state index in [0.717, 1.165) is 30.8 Å². The van der Waals surface area contributed by atoms with Gasteiger partial charge in [0.2, 0.25) is 0 Å². The van der Waals surface area contributed by atoms with Crippen LogP contribution in [0.2, 0.25) is 0 Å². The SMILES string of the molecule is O=C(O)C1CCC(CNc2ncnc3c2CCCCC3)O1. The van der Waals surface area contributed by atoms with Crippen molar-refractivity contribution in [2.45, 2.75) is 57.2 Å². The molecular formula is C15H21N3O3. The summed E-state index contributed by atoms with van der Waals surface area (Å²) in [6, 6.07) is 0. The molecule has 114 valence electrons. The minimum atomic E-state index is -0.867. The van der Waals surface area contributed by atoms with Gasteiger partial charge in [0, 0.05) is 17.8 Å². The first-order chi connectivity index (χ1) is 10.2. The first kappa shape index (κ1) is 14.3. The second-order valence-electron chi connectivity index (χ2n) is 5.75. The fourth-order valence-corrected chi connectivity index (χ4v) is 3.10. The highest BCUT2D eigenvalue weighted by molar-refractivity contribution is 5.72. The third-order valence-electron chi connectivity index (χ3n) is 4.26. The maximum Gasteiger partial charge on any atom is 0.332 e. The van der Waals surface area contributed by atoms with Crippen LogP contribution in [0.1, 0.15) is 43.4 Å². The van der Waals surface area contributed by atoms with Gasteiger partial charge in [-0.1, -0.05) is 6.42 Å². The lowest BCUT2D eigenvalue weighted by molar-refractivity contribution is -0.149. The number of carboxylic acid groups (broad SMARTS) is 1. The fourth-order valence-electron chi connectivity index (χ4n) is 3.10. The Kier molecular flexibility index (Phi) is 4.34. The number of aliphatic carboxylic acids is 1. The molecule has 2 aliphatic rings. The Balaban J connectivity index is 1.62. The molecule has 2 atom stereocenters. The molecule has 1 aromatic heterocycles. The summed E-state index contributed by atoms with van der Waals surface area (Å²) < 4.78 is 5.51. The van der Waals surface area contributed by atoms with Crippen LogP contribution in [0.5, 0.6) is 0 Å². The summed E-state index contributed by atoms with van der Waals surface area (Å²) in [5.41, 5.74) is 2.38. The van der Waals surface area contributed by atoms with Gasteiger partial charge in [-0.15, -0.1) is 0 Å². The van der Waals surface area contributed by atoms with E-state index in [0.29, 0.717) is 13.0 Å². The van der Waals surface area contributed by atoms with Gasteiger partial charge in [0.25, 0.3) is 0 Å². The second kappa shape index (κ2) is 6.39. The van der Waals surface area contributed by atoms with Crippen LogP contribution in [0.25, 0.3) is 0 Å². The van der Waals surface area contributed by atoms with Crippen LogP contribution in [0.3, 0.4) is 0 Å². The number of aromatic nitrogens is 2. The molecule has 6 heteroatoms. The van der Waals surface area contributed by atoms with E-state index in [1.54, 1.807) is 6.33 Å². The molecule has 21 heavy (non-hydrogen) atoms. The van der Waals surface area contributed by atoms with E-state index < -0.39 is 12.1 Å². The van der Waals surface area contributed by atoms with E-state index >= 15 is 0 Å². The number of carboxylic acids is 1. The van der Waals surface area contributed by atoms with Crippen molar-refractivity contribution in [1.82, 2.24) is 9.97 Å². The first-order valence-corrected chi connectivity index (χ1v) is 7.69. The van der Waals surface area contributed by atoms with Gasteiger partial charge in [-0.05, 0) is 38.5 Å². The van der Waals surface area contributed by atoms with Gasteiger partial charge in [-0.25, -0.2) is 14.8 Å². The van der Waals surface area contributed by atoms with Crippen LogP contribution in [0, 0.1) is 0 Å². The zero-order chi connectivity index (χ0) is 14.7. The molecule has 6 nitrogen and oxygen atoms in total. The van der Waals surface area contributed by atoms with E-state index in [-0.39, 0.29) is 6.10 Å². The molecule has 2 N–H and O–H groups in total. The lowest BCUT2D eigenvalue weighted by Gasteiger charge is -2.15. The summed E-state index contributed by atoms with van der Waals surface area (Å²) >= 11 is 0. The van der Waals surface area contributed by atoms with Crippen LogP contribution in [-0.4, -0.2) is 39.8 Å². The Bertz CT molecular complexity index is 521. The number of ether oxygens (including phenoxy) is 1. The summed E-state index contributed by atoms with van der Waals surface area (Å²) in [6.45, 7) is 0.604. The molecule has 0 bridgehead atoms. The standard InChI is InChI=1S/C15H21N3O3/c19-15(20)13-7-6-10(21-13)8-16-14-11-4-2-1-3-5-12(11)17-9-18-14/h9-10,13H,1-8H2,(H,19,20)(H,16,17,18). The van der Waals surface area contributed by atoms with E-state index in [9.17, 15) is 4.79 Å². The molecule has 1 saturated heterocycles. The Morgan fingerprint density at radius 1 is 1.29 bits per heavy atom. The highest BCUT2D eigenvalue weighted by Crippen LogP contribution is 2.25. The van der Waals surface area contributed by atoms with Crippen molar-refractivity contribution in [2.24, 2.45) is 0 Å². The quantitative estimate of drug-likeness (QED) is 0.823. The lowest BCUT2D eigenvalue weighted by atomic mass is 10.1. The van der Waals surface area contributed by atoms with Gasteiger partial charge < -0.3 is 15.2 Å². The largest absolute Gasteiger partial charge is 0.479 e. The molecule has 0 spiro atoms. The summed E-state index contributed by atoms with van der Waals surface area (Å²) in [6.07, 6.45) is 7.91. The first-order valence-electron chi connectivity index (χ1n) is 7.69. The smallest absolute Gasteiger partial charge is 0.332 e. The van der Waals surface area contributed by atoms with Crippen molar-refractivity contribution in [2.75, 3.05) is 11.9 Å². The number of carbonyl (C=O) groups is 1. The molecule has 1 aromatic rings. The summed E-state index contributed by atoms with van der Waals surface area (Å²) in [7, 11) is 0. The van der Waals surface area contributed by atoms with Crippen molar-refractivity contribution < 1.29 is 14.6 Å². The van der Waals surface area contributed by atoms with E-state index in [1.807, 2.05) is 0 Å². The van der Waals surface area contributed by atoms with Gasteiger partial charge in [-0.3, -0.25) is 0 Å². The van der Waals surface area contributed by atoms with Gasteiger partial charge in [0.05, 0.1) is 6.10 Å². The number of anilines is 1. The predicted molar refractivity (Wildman–Crippen MR) is 77.3 cm³/mol. The van der Waals surface area contributed by atoms with Crippen molar-refractivity contribution in [3.05, 3.63) is 17.6 Å². The summed E-state index contributed by atoms with van der Waals surface area (Å²) in [5.74, 6) is 0.0256. The number of rotatable bonds is 4. The van der Waals surface area contributed by atoms with Crippen LogP contribution < -0.4 is 5.32 Å². The Hall–Kier alpha value is -1.69. The monoisotopic (exact) mass is 291 g/mol. The van der Waals surface area contributed by atoms with Crippen LogP contribution in [0.15, 0.2) is 6.33 Å². The van der Waals surface area contributed by atoms with Gasteiger partial charge >= 0.3 is 5.97 Å². The molecule has 0 saturated carbocycles. The van der Waals surface area contributed by atoms with E-state index in [2.05, 4.69) is 15.3 Å². The molecule has 0 radical (unpaired) electrons. The van der Waals surface area contributed by atoms with E-state index in [1.165, 1.54) is 24.8 Å². The minimum absolute atomic E-state index is 0.0532. The van der Waals surface area contributed by atoms with Crippen LogP contribution >= 0.6 is 0 Å². The third kappa shape index (κ3) is 3.32. The normalized spacial score (nSPS) is 25.1. The molecule has 1 fully saturated rings. The summed E-state index contributed by atoms with van der Waals surface area (Å²) in [4.78, 5) is 19.6. The van der Waals surface area contributed by atoms with Crippen molar-refractivity contribution in [3.63, 3.8) is 0 Å². The van der Waals surface area contributed by atoms with Gasteiger partial charge in [0.15, 0.2) is 6.10 Å². The number of nitrogens with zero attached hydrogens (tertiary/aromatic N) is 2. The predicted octanol–water partition coefficient (Wildman–Crippen LogP) is 1.79. The number of fused-ring (bicyclic) bond motifs is 1. The highest BCUT2D eigenvalue weighted by Gasteiger charge is 2.30. The molecule has 1 aliphatic heterocycles. The van der Waals surface area contributed by atoms with E-state index in [4.69, 9.17) is 9.84 Å². The minimum Gasteiger partial charge on any atom is -0.479 e. The maximum absolute atomic E-state index is 10.9. The number of nitrogens with one attached hydrogen (secondary N) is 1. The average molecular weight is 291 g/mol. The molecule has 2 heterocycles. The molecular weight excluding hydrogens is 270 g/mol. The highest BCUT2D eigenvalue weighted by atomic mass is 16.5. The zero-order valence-electron chi connectivity index (χ0n) is 12.0. The Morgan fingerprint density at radius 3 is 2.95 bits per heavy atom. The van der Waals surface area contributed by atoms with Gasteiger partial charge in [0.1, 0.15) is 12.1 Å². The Morgan fingerprint density at radius 2 is 2.14 bits per heavy atom. The van der Waals surface area contributed by atoms with Crippen LogP contribution in [-0.2, 0) is 22.4 Å². The maximum atomic E-state index is 10.9. The molecule has 0 aromatic carbocycles. The molecule has 1 aliphatic carbocycles. The van der Waals surface area contributed by atoms with Crippen molar-refractivity contribution in [1.29, 1.82) is 0 Å². The molecule has 2 unspecified atom stereocenters. The second-order valence-corrected chi connectivity index (χ2v) is 5.75. The average Bonchev–Trinajstić information content (AvgIpc) is 2.82. The topological polar surface area (TPSA) is 84.3 Å². The lowest BCUT2D eigenvalue weighted by Crippen LogP contribution is -2.25. The molecule has 0 amide bonds. The Labute approximate surface area is 123 Å². The number of hydrogen-bond donors (Lipinski definition) is 2. The fraction of sp³-hybridized carbons (Fsp3) is 0.667. The van der Waals surface area contributed by atoms with Crippen molar-refractivity contribution >= 4 is 11.8 Å². The number of hydrogen-bond acceptors (Lipinski definition) is 5. The third-order valence-corrected chi connectivity index (χ3v) is 4.26. The number of aryl methyl sites for hydroxylation is 1. The van der Waals surface area contributed by atoms with Gasteiger partial charge in [-0.2, -0.15) is 0 Å². The van der Waals surface area contributed by atoms with Crippen LogP contribution in [0.4, 0.5) is 5.82 Å². The summed E-state index contributed by atoms with van der Waals surface area (Å²) in [5, 5.41) is 12.3. The molecule has 3 rings (SSSR count).